The van der Waals surface area contributed by atoms with E-state index in [2.05, 4.69) is 4.90 Å². The maximum atomic E-state index is 12.9. The Morgan fingerprint density at radius 1 is 1.08 bits per heavy atom. The van der Waals surface area contributed by atoms with Gasteiger partial charge in [-0.25, -0.2) is 0 Å². The van der Waals surface area contributed by atoms with Gasteiger partial charge in [0.15, 0.2) is 0 Å². The van der Waals surface area contributed by atoms with E-state index in [0.717, 1.165) is 70.0 Å². The number of benzene rings is 1. The van der Waals surface area contributed by atoms with Crippen molar-refractivity contribution < 1.29 is 14.3 Å². The summed E-state index contributed by atoms with van der Waals surface area (Å²) in [4.78, 5) is 17.4. The Morgan fingerprint density at radius 3 is 2.68 bits per heavy atom. The highest BCUT2D eigenvalue weighted by molar-refractivity contribution is 5.94. The molecule has 3 aliphatic rings. The zero-order valence-electron chi connectivity index (χ0n) is 14.9. The number of amides is 1. The van der Waals surface area contributed by atoms with Crippen LogP contribution in [-0.4, -0.2) is 67.2 Å². The van der Waals surface area contributed by atoms with Crippen molar-refractivity contribution in [3.8, 4) is 5.75 Å². The summed E-state index contributed by atoms with van der Waals surface area (Å²) in [5.41, 5.74) is 0.748. The summed E-state index contributed by atoms with van der Waals surface area (Å²) in [6.45, 7) is 5.26. The van der Waals surface area contributed by atoms with Gasteiger partial charge in [-0.05, 0) is 50.3 Å². The first-order valence-electron chi connectivity index (χ1n) is 9.67. The summed E-state index contributed by atoms with van der Waals surface area (Å²) in [6, 6.07) is 8.21. The molecule has 0 N–H and O–H groups in total. The zero-order chi connectivity index (χ0) is 17.1. The van der Waals surface area contributed by atoms with E-state index in [-0.39, 0.29) is 5.91 Å². The van der Waals surface area contributed by atoms with Gasteiger partial charge in [0, 0.05) is 37.8 Å². The first-order valence-corrected chi connectivity index (χ1v) is 9.67. The Hall–Kier alpha value is -1.59. The van der Waals surface area contributed by atoms with Gasteiger partial charge in [-0.1, -0.05) is 6.07 Å². The summed E-state index contributed by atoms with van der Waals surface area (Å²) in [7, 11) is 0. The number of likely N-dealkylation sites (tertiary alicyclic amines) is 1. The van der Waals surface area contributed by atoms with Crippen molar-refractivity contribution in [1.82, 2.24) is 9.80 Å². The van der Waals surface area contributed by atoms with Gasteiger partial charge in [0.2, 0.25) is 0 Å². The predicted octanol–water partition coefficient (Wildman–Crippen LogP) is 2.55. The van der Waals surface area contributed by atoms with Gasteiger partial charge in [-0.2, -0.15) is 0 Å². The molecule has 4 rings (SSSR count). The molecule has 0 bridgehead atoms. The third kappa shape index (κ3) is 3.98. The van der Waals surface area contributed by atoms with E-state index >= 15 is 0 Å². The SMILES string of the molecule is O=C(c1cccc(OC2CCCC2)c1)N1CC[C@H](N2CCOCC2)C1. The number of morpholine rings is 1. The summed E-state index contributed by atoms with van der Waals surface area (Å²) in [5.74, 6) is 0.967. The van der Waals surface area contributed by atoms with Crippen LogP contribution in [0.3, 0.4) is 0 Å². The monoisotopic (exact) mass is 344 g/mol. The number of carbonyl (C=O) groups is 1. The molecule has 25 heavy (non-hydrogen) atoms. The highest BCUT2D eigenvalue weighted by atomic mass is 16.5. The molecule has 0 radical (unpaired) electrons. The second kappa shape index (κ2) is 7.75. The smallest absolute Gasteiger partial charge is 0.254 e. The fourth-order valence-corrected chi connectivity index (χ4v) is 4.25. The molecule has 0 spiro atoms. The molecule has 2 saturated heterocycles. The molecule has 5 heteroatoms. The highest BCUT2D eigenvalue weighted by Gasteiger charge is 2.31. The Labute approximate surface area is 149 Å². The van der Waals surface area contributed by atoms with Crippen LogP contribution in [-0.2, 0) is 4.74 Å². The molecular formula is C20H28N2O3. The number of nitrogens with zero attached hydrogens (tertiary/aromatic N) is 2. The molecule has 1 atom stereocenters. The predicted molar refractivity (Wildman–Crippen MR) is 96.0 cm³/mol. The van der Waals surface area contributed by atoms with E-state index in [0.29, 0.717) is 12.1 Å². The third-order valence-corrected chi connectivity index (χ3v) is 5.70. The average Bonchev–Trinajstić information content (AvgIpc) is 3.34. The summed E-state index contributed by atoms with van der Waals surface area (Å²) in [5, 5.41) is 0. The van der Waals surface area contributed by atoms with Crippen LogP contribution in [0.5, 0.6) is 5.75 Å². The van der Waals surface area contributed by atoms with Crippen LogP contribution in [0.4, 0.5) is 0 Å². The molecule has 3 fully saturated rings. The third-order valence-electron chi connectivity index (χ3n) is 5.70. The van der Waals surface area contributed by atoms with Crippen molar-refractivity contribution >= 4 is 5.91 Å². The van der Waals surface area contributed by atoms with Crippen molar-refractivity contribution in [3.05, 3.63) is 29.8 Å². The minimum absolute atomic E-state index is 0.132. The van der Waals surface area contributed by atoms with Crippen molar-refractivity contribution in [2.24, 2.45) is 0 Å². The minimum atomic E-state index is 0.132. The lowest BCUT2D eigenvalue weighted by Gasteiger charge is -2.32. The quantitative estimate of drug-likeness (QED) is 0.842. The number of carbonyl (C=O) groups excluding carboxylic acids is 1. The van der Waals surface area contributed by atoms with Gasteiger partial charge in [-0.15, -0.1) is 0 Å². The molecule has 1 saturated carbocycles. The number of hydrogen-bond donors (Lipinski definition) is 0. The van der Waals surface area contributed by atoms with Gasteiger partial charge < -0.3 is 14.4 Å². The van der Waals surface area contributed by atoms with E-state index in [9.17, 15) is 4.79 Å². The summed E-state index contributed by atoms with van der Waals surface area (Å²) >= 11 is 0. The van der Waals surface area contributed by atoms with Crippen LogP contribution in [0, 0.1) is 0 Å². The van der Waals surface area contributed by atoms with E-state index in [1.807, 2.05) is 29.2 Å². The van der Waals surface area contributed by atoms with Crippen molar-refractivity contribution in [2.45, 2.75) is 44.2 Å². The second-order valence-corrected chi connectivity index (χ2v) is 7.39. The molecule has 1 aliphatic carbocycles. The number of hydrogen-bond acceptors (Lipinski definition) is 4. The molecule has 2 heterocycles. The highest BCUT2D eigenvalue weighted by Crippen LogP contribution is 2.26. The fourth-order valence-electron chi connectivity index (χ4n) is 4.25. The van der Waals surface area contributed by atoms with E-state index in [4.69, 9.17) is 9.47 Å². The topological polar surface area (TPSA) is 42.0 Å². The summed E-state index contributed by atoms with van der Waals surface area (Å²) < 4.78 is 11.5. The largest absolute Gasteiger partial charge is 0.490 e. The summed E-state index contributed by atoms with van der Waals surface area (Å²) in [6.07, 6.45) is 6.14. The lowest BCUT2D eigenvalue weighted by Crippen LogP contribution is -2.45. The Morgan fingerprint density at radius 2 is 1.88 bits per heavy atom. The Balaban J connectivity index is 1.37. The van der Waals surface area contributed by atoms with Gasteiger partial charge >= 0.3 is 0 Å². The van der Waals surface area contributed by atoms with Crippen LogP contribution in [0.1, 0.15) is 42.5 Å². The van der Waals surface area contributed by atoms with E-state index in [1.54, 1.807) is 0 Å². The maximum absolute atomic E-state index is 12.9. The van der Waals surface area contributed by atoms with Crippen molar-refractivity contribution in [3.63, 3.8) is 0 Å². The first kappa shape index (κ1) is 16.9. The van der Waals surface area contributed by atoms with Gasteiger partial charge in [-0.3, -0.25) is 9.69 Å². The molecule has 1 aromatic carbocycles. The standard InChI is InChI=1S/C20H28N2O3/c23-20(22-9-8-17(15-22)21-10-12-24-13-11-21)16-4-3-7-19(14-16)25-18-5-1-2-6-18/h3-4,7,14,17-18H,1-2,5-6,8-13,15H2/t17-/m0/s1. The zero-order valence-corrected chi connectivity index (χ0v) is 14.9. The lowest BCUT2D eigenvalue weighted by molar-refractivity contribution is 0.0185. The Bertz CT molecular complexity index is 594. The normalized spacial score (nSPS) is 25.4. The molecule has 136 valence electrons. The van der Waals surface area contributed by atoms with Crippen LogP contribution in [0.15, 0.2) is 24.3 Å². The molecule has 2 aliphatic heterocycles. The van der Waals surface area contributed by atoms with Crippen LogP contribution >= 0.6 is 0 Å². The number of ether oxygens (including phenoxy) is 2. The first-order chi connectivity index (χ1) is 12.3. The second-order valence-electron chi connectivity index (χ2n) is 7.39. The van der Waals surface area contributed by atoms with Gasteiger partial charge in [0.1, 0.15) is 5.75 Å². The van der Waals surface area contributed by atoms with Crippen LogP contribution in [0.25, 0.3) is 0 Å². The average molecular weight is 344 g/mol. The molecule has 0 aromatic heterocycles. The molecular weight excluding hydrogens is 316 g/mol. The van der Waals surface area contributed by atoms with E-state index < -0.39 is 0 Å². The molecule has 5 nitrogen and oxygen atoms in total. The molecule has 0 unspecified atom stereocenters. The van der Waals surface area contributed by atoms with E-state index in [1.165, 1.54) is 12.8 Å². The lowest BCUT2D eigenvalue weighted by atomic mass is 10.2. The van der Waals surface area contributed by atoms with Gasteiger partial charge in [0.25, 0.3) is 5.91 Å². The van der Waals surface area contributed by atoms with Crippen molar-refractivity contribution in [1.29, 1.82) is 0 Å². The minimum Gasteiger partial charge on any atom is -0.490 e. The van der Waals surface area contributed by atoms with Gasteiger partial charge in [0.05, 0.1) is 19.3 Å². The number of rotatable bonds is 4. The van der Waals surface area contributed by atoms with Crippen LogP contribution < -0.4 is 4.74 Å². The Kier molecular flexibility index (Phi) is 5.22. The molecule has 1 aromatic rings. The molecule has 1 amide bonds. The van der Waals surface area contributed by atoms with Crippen LogP contribution in [0.2, 0.25) is 0 Å². The van der Waals surface area contributed by atoms with Crippen molar-refractivity contribution in [2.75, 3.05) is 39.4 Å². The fraction of sp³-hybridized carbons (Fsp3) is 0.650. The maximum Gasteiger partial charge on any atom is 0.254 e.